The molecule has 0 bridgehead atoms. The van der Waals surface area contributed by atoms with Crippen molar-refractivity contribution >= 4 is 28.4 Å². The number of hydrogen-bond acceptors (Lipinski definition) is 3. The molecule has 4 nitrogen and oxygen atoms in total. The lowest BCUT2D eigenvalue weighted by Gasteiger charge is -2.11. The first-order valence-corrected chi connectivity index (χ1v) is 6.32. The van der Waals surface area contributed by atoms with Crippen LogP contribution in [0.5, 0.6) is 0 Å². The average Bonchev–Trinajstić information content (AvgIpc) is 2.73. The van der Waals surface area contributed by atoms with E-state index in [4.69, 9.17) is 0 Å². The smallest absolute Gasteiger partial charge is 0.266 e. The molecule has 0 unspecified atom stereocenters. The second kappa shape index (κ2) is 4.96. The van der Waals surface area contributed by atoms with Crippen molar-refractivity contribution in [3.05, 3.63) is 20.3 Å². The molecule has 0 amide bonds. The maximum absolute atomic E-state index is 11.3. The van der Waals surface area contributed by atoms with Crippen LogP contribution in [0.2, 0.25) is 0 Å². The first-order chi connectivity index (χ1) is 7.27. The van der Waals surface area contributed by atoms with Gasteiger partial charge in [0.1, 0.15) is 9.39 Å². The van der Waals surface area contributed by atoms with Crippen molar-refractivity contribution in [2.75, 3.05) is 11.9 Å². The van der Waals surface area contributed by atoms with Crippen molar-refractivity contribution in [1.82, 2.24) is 9.97 Å². The number of aromatic amines is 1. The Bertz CT molecular complexity index is 384. The third kappa shape index (κ3) is 2.70. The molecule has 0 aliphatic heterocycles. The van der Waals surface area contributed by atoms with Crippen LogP contribution in [0.3, 0.4) is 0 Å². The van der Waals surface area contributed by atoms with E-state index in [-0.39, 0.29) is 5.56 Å². The monoisotopic (exact) mass is 319 g/mol. The summed E-state index contributed by atoms with van der Waals surface area (Å²) >= 11 is 2.02. The number of rotatable bonds is 3. The van der Waals surface area contributed by atoms with E-state index in [2.05, 4.69) is 15.3 Å². The summed E-state index contributed by atoms with van der Waals surface area (Å²) in [5.41, 5.74) is -0.0699. The molecule has 2 N–H and O–H groups in total. The molecule has 2 rings (SSSR count). The van der Waals surface area contributed by atoms with Gasteiger partial charge in [0.15, 0.2) is 0 Å². The summed E-state index contributed by atoms with van der Waals surface area (Å²) in [4.78, 5) is 18.0. The number of halogens is 1. The van der Waals surface area contributed by atoms with Gasteiger partial charge in [-0.1, -0.05) is 12.8 Å². The van der Waals surface area contributed by atoms with Gasteiger partial charge in [0.2, 0.25) is 0 Å². The zero-order valence-electron chi connectivity index (χ0n) is 8.42. The minimum atomic E-state index is -0.0699. The Labute approximate surface area is 102 Å². The van der Waals surface area contributed by atoms with Crippen molar-refractivity contribution < 1.29 is 0 Å². The van der Waals surface area contributed by atoms with Crippen LogP contribution in [0.15, 0.2) is 11.1 Å². The Morgan fingerprint density at radius 1 is 1.53 bits per heavy atom. The lowest BCUT2D eigenvalue weighted by atomic mass is 10.1. The van der Waals surface area contributed by atoms with Crippen LogP contribution >= 0.6 is 22.6 Å². The molecule has 1 saturated carbocycles. The second-order valence-electron chi connectivity index (χ2n) is 3.93. The summed E-state index contributed by atoms with van der Waals surface area (Å²) in [7, 11) is 0. The lowest BCUT2D eigenvalue weighted by molar-refractivity contribution is 0.578. The molecular weight excluding hydrogens is 305 g/mol. The van der Waals surface area contributed by atoms with Crippen LogP contribution in [0.4, 0.5) is 5.82 Å². The molecule has 0 atom stereocenters. The molecule has 1 aliphatic rings. The molecule has 0 saturated heterocycles. The quantitative estimate of drug-likeness (QED) is 0.838. The van der Waals surface area contributed by atoms with Crippen LogP contribution < -0.4 is 10.9 Å². The van der Waals surface area contributed by atoms with Gasteiger partial charge in [-0.25, -0.2) is 4.98 Å². The fourth-order valence-corrected chi connectivity index (χ4v) is 2.45. The predicted molar refractivity (Wildman–Crippen MR) is 68.0 cm³/mol. The number of anilines is 1. The molecule has 5 heteroatoms. The Morgan fingerprint density at radius 2 is 2.27 bits per heavy atom. The van der Waals surface area contributed by atoms with E-state index in [1.165, 1.54) is 32.0 Å². The molecule has 15 heavy (non-hydrogen) atoms. The number of H-pyrrole nitrogens is 1. The summed E-state index contributed by atoms with van der Waals surface area (Å²) in [6.45, 7) is 0.937. The van der Waals surface area contributed by atoms with Gasteiger partial charge in [0.05, 0.1) is 6.33 Å². The van der Waals surface area contributed by atoms with Gasteiger partial charge in [-0.2, -0.15) is 0 Å². The van der Waals surface area contributed by atoms with Crippen LogP contribution in [0.1, 0.15) is 25.7 Å². The van der Waals surface area contributed by atoms with E-state index in [1.54, 1.807) is 0 Å². The van der Waals surface area contributed by atoms with Crippen LogP contribution in [-0.4, -0.2) is 16.5 Å². The molecule has 0 aromatic carbocycles. The van der Waals surface area contributed by atoms with E-state index in [9.17, 15) is 4.79 Å². The fraction of sp³-hybridized carbons (Fsp3) is 0.600. The molecule has 1 heterocycles. The van der Waals surface area contributed by atoms with Gasteiger partial charge in [-0.15, -0.1) is 0 Å². The molecule has 0 spiro atoms. The van der Waals surface area contributed by atoms with Gasteiger partial charge in [0, 0.05) is 6.54 Å². The molecule has 1 fully saturated rings. The fourth-order valence-electron chi connectivity index (χ4n) is 1.96. The lowest BCUT2D eigenvalue weighted by Crippen LogP contribution is -2.18. The SMILES string of the molecule is O=c1[nH]cnc(NCC2CCCC2)c1I. The number of nitrogens with one attached hydrogen (secondary N) is 2. The molecule has 0 radical (unpaired) electrons. The van der Waals surface area contributed by atoms with Crippen molar-refractivity contribution in [1.29, 1.82) is 0 Å². The van der Waals surface area contributed by atoms with E-state index in [0.29, 0.717) is 9.39 Å². The summed E-state index contributed by atoms with van der Waals surface area (Å²) in [5.74, 6) is 1.47. The zero-order chi connectivity index (χ0) is 10.7. The third-order valence-electron chi connectivity index (χ3n) is 2.83. The van der Waals surface area contributed by atoms with Crippen molar-refractivity contribution in [2.24, 2.45) is 5.92 Å². The van der Waals surface area contributed by atoms with Crippen LogP contribution in [-0.2, 0) is 0 Å². The number of hydrogen-bond donors (Lipinski definition) is 2. The van der Waals surface area contributed by atoms with Gasteiger partial charge in [-0.3, -0.25) is 4.79 Å². The largest absolute Gasteiger partial charge is 0.369 e. The summed E-state index contributed by atoms with van der Waals surface area (Å²) in [6, 6.07) is 0. The summed E-state index contributed by atoms with van der Waals surface area (Å²) in [6.07, 6.45) is 6.72. The molecule has 1 aliphatic carbocycles. The maximum Gasteiger partial charge on any atom is 0.266 e. The van der Waals surface area contributed by atoms with Gasteiger partial charge < -0.3 is 10.3 Å². The minimum absolute atomic E-state index is 0.0699. The Morgan fingerprint density at radius 3 is 3.00 bits per heavy atom. The molecule has 1 aromatic heterocycles. The Kier molecular flexibility index (Phi) is 3.61. The van der Waals surface area contributed by atoms with Gasteiger partial charge in [0.25, 0.3) is 5.56 Å². The highest BCUT2D eigenvalue weighted by Gasteiger charge is 2.15. The van der Waals surface area contributed by atoms with Gasteiger partial charge >= 0.3 is 0 Å². The predicted octanol–water partition coefficient (Wildman–Crippen LogP) is 1.98. The van der Waals surface area contributed by atoms with Crippen molar-refractivity contribution in [2.45, 2.75) is 25.7 Å². The highest BCUT2D eigenvalue weighted by Crippen LogP contribution is 2.24. The van der Waals surface area contributed by atoms with Crippen LogP contribution in [0, 0.1) is 9.49 Å². The van der Waals surface area contributed by atoms with Gasteiger partial charge in [-0.05, 0) is 41.4 Å². The average molecular weight is 319 g/mol. The maximum atomic E-state index is 11.3. The molecule has 82 valence electrons. The normalized spacial score (nSPS) is 16.9. The number of aromatic nitrogens is 2. The highest BCUT2D eigenvalue weighted by atomic mass is 127. The standard InChI is InChI=1S/C10H14IN3O/c11-8-9(13-6-14-10(8)15)12-5-7-3-1-2-4-7/h6-7H,1-5H2,(H2,12,13,14,15). The highest BCUT2D eigenvalue weighted by molar-refractivity contribution is 14.1. The number of nitrogens with zero attached hydrogens (tertiary/aromatic N) is 1. The summed E-state index contributed by atoms with van der Waals surface area (Å²) in [5, 5.41) is 3.26. The van der Waals surface area contributed by atoms with E-state index >= 15 is 0 Å². The van der Waals surface area contributed by atoms with Crippen molar-refractivity contribution in [3.8, 4) is 0 Å². The molecular formula is C10H14IN3O. The first-order valence-electron chi connectivity index (χ1n) is 5.24. The Hall–Kier alpha value is -0.590. The summed E-state index contributed by atoms with van der Waals surface area (Å²) < 4.78 is 0.646. The second-order valence-corrected chi connectivity index (χ2v) is 5.00. The van der Waals surface area contributed by atoms with E-state index in [0.717, 1.165) is 12.5 Å². The zero-order valence-corrected chi connectivity index (χ0v) is 10.6. The van der Waals surface area contributed by atoms with Crippen molar-refractivity contribution in [3.63, 3.8) is 0 Å². The van der Waals surface area contributed by atoms with Crippen LogP contribution in [0.25, 0.3) is 0 Å². The Balaban J connectivity index is 1.98. The topological polar surface area (TPSA) is 57.8 Å². The third-order valence-corrected chi connectivity index (χ3v) is 3.83. The van der Waals surface area contributed by atoms with E-state index < -0.39 is 0 Å². The van der Waals surface area contributed by atoms with E-state index in [1.807, 2.05) is 22.6 Å². The first kappa shape index (κ1) is 10.9. The molecule has 1 aromatic rings. The minimum Gasteiger partial charge on any atom is -0.369 e.